The molecule has 0 spiro atoms. The summed E-state index contributed by atoms with van der Waals surface area (Å²) in [6, 6.07) is 0. The fraction of sp³-hybridized carbons (Fsp3) is 0.364. The monoisotopic (exact) mass is 292 g/mol. The maximum absolute atomic E-state index is 11.1. The number of hydrogen-bond acceptors (Lipinski definition) is 8. The highest BCUT2D eigenvalue weighted by Crippen LogP contribution is 2.28. The molecule has 0 aliphatic heterocycles. The van der Waals surface area contributed by atoms with Crippen molar-refractivity contribution >= 4 is 17.3 Å². The van der Waals surface area contributed by atoms with E-state index >= 15 is 0 Å². The summed E-state index contributed by atoms with van der Waals surface area (Å²) in [6.45, 7) is 2.37. The van der Waals surface area contributed by atoms with Crippen LogP contribution in [0.2, 0.25) is 0 Å². The highest BCUT2D eigenvalue weighted by atomic mass is 16.6. The standard InChI is InChI=1S/C11H16N8O2/c1-3-8-7(5-18(2)17-8)4-13-10-9(19(20)21)11(16-12)15-6-14-10/h5-6H,3-4,12H2,1-2H3,(H2,13,14,15,16). The van der Waals surface area contributed by atoms with Gasteiger partial charge < -0.3 is 10.7 Å². The lowest BCUT2D eigenvalue weighted by Gasteiger charge is -2.07. The van der Waals surface area contributed by atoms with Crippen LogP contribution in [0.1, 0.15) is 18.2 Å². The quantitative estimate of drug-likeness (QED) is 0.399. The molecule has 10 heteroatoms. The van der Waals surface area contributed by atoms with Gasteiger partial charge in [-0.3, -0.25) is 14.8 Å². The van der Waals surface area contributed by atoms with Crippen molar-refractivity contribution in [1.82, 2.24) is 19.7 Å². The molecule has 0 saturated carbocycles. The Labute approximate surface area is 120 Å². The molecule has 2 aromatic rings. The number of rotatable bonds is 6. The molecule has 2 heterocycles. The molecule has 0 atom stereocenters. The van der Waals surface area contributed by atoms with E-state index < -0.39 is 4.92 Å². The molecule has 0 radical (unpaired) electrons. The SMILES string of the molecule is CCc1nn(C)cc1CNc1ncnc(NN)c1[N+](=O)[O-]. The molecule has 2 rings (SSSR count). The second kappa shape index (κ2) is 6.13. The van der Waals surface area contributed by atoms with Gasteiger partial charge in [-0.1, -0.05) is 6.92 Å². The predicted octanol–water partition coefficient (Wildman–Crippen LogP) is 0.578. The Bertz CT molecular complexity index is 654. The fourth-order valence-corrected chi connectivity index (χ4v) is 1.99. The van der Waals surface area contributed by atoms with Gasteiger partial charge in [-0.05, 0) is 6.42 Å². The summed E-state index contributed by atoms with van der Waals surface area (Å²) in [5.74, 6) is 5.29. The van der Waals surface area contributed by atoms with Gasteiger partial charge in [0.1, 0.15) is 6.33 Å². The molecule has 0 aliphatic rings. The van der Waals surface area contributed by atoms with Crippen LogP contribution < -0.4 is 16.6 Å². The Morgan fingerprint density at radius 1 is 1.43 bits per heavy atom. The second-order valence-corrected chi connectivity index (χ2v) is 4.30. The second-order valence-electron chi connectivity index (χ2n) is 4.30. The molecule has 2 aromatic heterocycles. The van der Waals surface area contributed by atoms with Crippen LogP contribution in [0.3, 0.4) is 0 Å². The molecule has 0 aromatic carbocycles. The number of nitrogens with one attached hydrogen (secondary N) is 2. The molecule has 0 aliphatic carbocycles. The number of aryl methyl sites for hydroxylation is 2. The zero-order valence-corrected chi connectivity index (χ0v) is 11.7. The third-order valence-corrected chi connectivity index (χ3v) is 2.91. The molecule has 0 bridgehead atoms. The number of aromatic nitrogens is 4. The first kappa shape index (κ1) is 14.7. The molecule has 0 saturated heterocycles. The number of nitrogens with two attached hydrogens (primary N) is 1. The van der Waals surface area contributed by atoms with Crippen LogP contribution in [0, 0.1) is 10.1 Å². The lowest BCUT2D eigenvalue weighted by Crippen LogP contribution is -2.13. The van der Waals surface area contributed by atoms with E-state index in [1.54, 1.807) is 4.68 Å². The largest absolute Gasteiger partial charge is 0.360 e. The van der Waals surface area contributed by atoms with E-state index in [0.717, 1.165) is 17.7 Å². The van der Waals surface area contributed by atoms with Crippen LogP contribution in [0.4, 0.5) is 17.3 Å². The first-order chi connectivity index (χ1) is 10.1. The van der Waals surface area contributed by atoms with Crippen molar-refractivity contribution in [2.24, 2.45) is 12.9 Å². The summed E-state index contributed by atoms with van der Waals surface area (Å²) in [5, 5.41) is 18.4. The summed E-state index contributed by atoms with van der Waals surface area (Å²) in [7, 11) is 1.83. The van der Waals surface area contributed by atoms with Gasteiger partial charge in [-0.2, -0.15) is 5.10 Å². The van der Waals surface area contributed by atoms with Gasteiger partial charge >= 0.3 is 5.69 Å². The van der Waals surface area contributed by atoms with Crippen molar-refractivity contribution in [2.45, 2.75) is 19.9 Å². The molecule has 4 N–H and O–H groups in total. The van der Waals surface area contributed by atoms with Crippen molar-refractivity contribution in [3.8, 4) is 0 Å². The summed E-state index contributed by atoms with van der Waals surface area (Å²) < 4.78 is 1.71. The van der Waals surface area contributed by atoms with Gasteiger partial charge in [0.15, 0.2) is 0 Å². The van der Waals surface area contributed by atoms with Crippen LogP contribution in [0.15, 0.2) is 12.5 Å². The number of nitrogen functional groups attached to an aromatic ring is 1. The Kier molecular flexibility index (Phi) is 4.28. The minimum atomic E-state index is -0.582. The molecule has 112 valence electrons. The van der Waals surface area contributed by atoms with Gasteiger partial charge in [-0.25, -0.2) is 15.8 Å². The third-order valence-electron chi connectivity index (χ3n) is 2.91. The average Bonchev–Trinajstić information content (AvgIpc) is 2.84. The highest BCUT2D eigenvalue weighted by Gasteiger charge is 2.22. The lowest BCUT2D eigenvalue weighted by molar-refractivity contribution is -0.383. The first-order valence-electron chi connectivity index (χ1n) is 6.28. The van der Waals surface area contributed by atoms with Gasteiger partial charge in [0.05, 0.1) is 10.6 Å². The molecule has 21 heavy (non-hydrogen) atoms. The number of hydrogen-bond donors (Lipinski definition) is 3. The smallest absolute Gasteiger partial charge is 0.354 e. The minimum Gasteiger partial charge on any atom is -0.360 e. The van der Waals surface area contributed by atoms with Gasteiger partial charge in [0.25, 0.3) is 0 Å². The fourth-order valence-electron chi connectivity index (χ4n) is 1.99. The lowest BCUT2D eigenvalue weighted by atomic mass is 10.2. The molecule has 0 fully saturated rings. The van der Waals surface area contributed by atoms with E-state index in [0.29, 0.717) is 6.54 Å². The van der Waals surface area contributed by atoms with Gasteiger partial charge in [0.2, 0.25) is 11.6 Å². The van der Waals surface area contributed by atoms with Crippen LogP contribution in [0.25, 0.3) is 0 Å². The van der Waals surface area contributed by atoms with Gasteiger partial charge in [-0.15, -0.1) is 0 Å². The molecular formula is C11H16N8O2. The van der Waals surface area contributed by atoms with Crippen LogP contribution in [-0.4, -0.2) is 24.7 Å². The average molecular weight is 292 g/mol. The predicted molar refractivity (Wildman–Crippen MR) is 76.4 cm³/mol. The van der Waals surface area contributed by atoms with Crippen LogP contribution in [0.5, 0.6) is 0 Å². The molecule has 0 unspecified atom stereocenters. The Morgan fingerprint density at radius 2 is 2.14 bits per heavy atom. The van der Waals surface area contributed by atoms with Gasteiger partial charge in [0, 0.05) is 25.4 Å². The van der Waals surface area contributed by atoms with Crippen LogP contribution in [-0.2, 0) is 20.0 Å². The number of nitro groups is 1. The number of hydrazine groups is 1. The number of nitrogens with zero attached hydrogens (tertiary/aromatic N) is 5. The van der Waals surface area contributed by atoms with Crippen molar-refractivity contribution < 1.29 is 4.92 Å². The normalized spacial score (nSPS) is 10.4. The summed E-state index contributed by atoms with van der Waals surface area (Å²) >= 11 is 0. The van der Waals surface area contributed by atoms with Crippen molar-refractivity contribution in [1.29, 1.82) is 0 Å². The summed E-state index contributed by atoms with van der Waals surface area (Å²) in [5.41, 5.74) is 3.79. The highest BCUT2D eigenvalue weighted by molar-refractivity contribution is 5.68. The Balaban J connectivity index is 2.25. The number of anilines is 2. The molecular weight excluding hydrogens is 276 g/mol. The topological polar surface area (TPSA) is 137 Å². The third kappa shape index (κ3) is 3.05. The van der Waals surface area contributed by atoms with E-state index in [-0.39, 0.29) is 17.3 Å². The molecule has 0 amide bonds. The van der Waals surface area contributed by atoms with Crippen molar-refractivity contribution in [3.63, 3.8) is 0 Å². The van der Waals surface area contributed by atoms with E-state index in [4.69, 9.17) is 5.84 Å². The zero-order chi connectivity index (χ0) is 15.4. The summed E-state index contributed by atoms with van der Waals surface area (Å²) in [6.07, 6.45) is 3.84. The Hall–Kier alpha value is -2.75. The van der Waals surface area contributed by atoms with E-state index in [2.05, 4.69) is 25.8 Å². The summed E-state index contributed by atoms with van der Waals surface area (Å²) in [4.78, 5) is 18.2. The minimum absolute atomic E-state index is 0.0422. The maximum Gasteiger partial charge on any atom is 0.354 e. The zero-order valence-electron chi connectivity index (χ0n) is 11.7. The van der Waals surface area contributed by atoms with E-state index in [1.807, 2.05) is 20.2 Å². The van der Waals surface area contributed by atoms with Crippen molar-refractivity contribution in [3.05, 3.63) is 33.9 Å². The maximum atomic E-state index is 11.1. The van der Waals surface area contributed by atoms with E-state index in [9.17, 15) is 10.1 Å². The molecule has 10 nitrogen and oxygen atoms in total. The Morgan fingerprint density at radius 3 is 2.76 bits per heavy atom. The van der Waals surface area contributed by atoms with Crippen molar-refractivity contribution in [2.75, 3.05) is 10.7 Å². The van der Waals surface area contributed by atoms with Crippen LogP contribution >= 0.6 is 0 Å². The first-order valence-corrected chi connectivity index (χ1v) is 6.28. The van der Waals surface area contributed by atoms with E-state index in [1.165, 1.54) is 6.33 Å².